The highest BCUT2D eigenvalue weighted by Gasteiger charge is 2.08. The van der Waals surface area contributed by atoms with Crippen molar-refractivity contribution < 1.29 is 9.84 Å². The zero-order chi connectivity index (χ0) is 13.0. The summed E-state index contributed by atoms with van der Waals surface area (Å²) in [6.45, 7) is 0.214. The van der Waals surface area contributed by atoms with Crippen molar-refractivity contribution in [3.05, 3.63) is 58.6 Å². The highest BCUT2D eigenvalue weighted by molar-refractivity contribution is 9.10. The van der Waals surface area contributed by atoms with Gasteiger partial charge in [0.25, 0.3) is 0 Å². The summed E-state index contributed by atoms with van der Waals surface area (Å²) in [5.41, 5.74) is 7.06. The number of rotatable bonds is 4. The van der Waals surface area contributed by atoms with Crippen molar-refractivity contribution in [3.8, 4) is 5.75 Å². The third-order valence-electron chi connectivity index (χ3n) is 2.54. The molecule has 1 atom stereocenters. The molecule has 0 radical (unpaired) electrons. The molecule has 0 aliphatic carbocycles. The van der Waals surface area contributed by atoms with Crippen LogP contribution in [-0.2, 0) is 0 Å². The highest BCUT2D eigenvalue weighted by atomic mass is 79.9. The van der Waals surface area contributed by atoms with E-state index in [1.807, 2.05) is 24.3 Å². The van der Waals surface area contributed by atoms with Gasteiger partial charge in [-0.3, -0.25) is 0 Å². The van der Waals surface area contributed by atoms with E-state index >= 15 is 0 Å². The number of aliphatic hydroxyl groups excluding tert-OH is 1. The smallest absolute Gasteiger partial charge is 0.119 e. The van der Waals surface area contributed by atoms with Crippen molar-refractivity contribution in [2.24, 2.45) is 0 Å². The van der Waals surface area contributed by atoms with Crippen molar-refractivity contribution in [1.29, 1.82) is 0 Å². The lowest BCUT2D eigenvalue weighted by atomic mass is 10.1. The monoisotopic (exact) mass is 307 g/mol. The molecule has 18 heavy (non-hydrogen) atoms. The van der Waals surface area contributed by atoms with Gasteiger partial charge in [0.2, 0.25) is 0 Å². The predicted molar refractivity (Wildman–Crippen MR) is 75.5 cm³/mol. The van der Waals surface area contributed by atoms with Crippen LogP contribution in [0.1, 0.15) is 11.7 Å². The van der Waals surface area contributed by atoms with Crippen molar-refractivity contribution in [1.82, 2.24) is 0 Å². The summed E-state index contributed by atoms with van der Waals surface area (Å²) in [6, 6.07) is 14.6. The fourth-order valence-electron chi connectivity index (χ4n) is 1.52. The third kappa shape index (κ3) is 3.48. The molecule has 1 unspecified atom stereocenters. The molecule has 3 N–H and O–H groups in total. The Labute approximate surface area is 114 Å². The topological polar surface area (TPSA) is 55.5 Å². The molecule has 0 amide bonds. The van der Waals surface area contributed by atoms with Crippen LogP contribution in [0.25, 0.3) is 0 Å². The van der Waals surface area contributed by atoms with Crippen LogP contribution >= 0.6 is 15.9 Å². The fraction of sp³-hybridized carbons (Fsp3) is 0.143. The normalized spacial score (nSPS) is 12.1. The Balaban J connectivity index is 1.93. The number of hydrogen-bond donors (Lipinski definition) is 2. The van der Waals surface area contributed by atoms with Gasteiger partial charge in [-0.2, -0.15) is 0 Å². The van der Waals surface area contributed by atoms with E-state index in [9.17, 15) is 5.11 Å². The minimum atomic E-state index is -0.658. The van der Waals surface area contributed by atoms with Crippen molar-refractivity contribution >= 4 is 21.6 Å². The minimum Gasteiger partial charge on any atom is -0.491 e. The molecular formula is C14H14BrNO2. The Bertz CT molecular complexity index is 496. The summed E-state index contributed by atoms with van der Waals surface area (Å²) < 4.78 is 6.50. The molecule has 0 heterocycles. The quantitative estimate of drug-likeness (QED) is 0.853. The molecule has 0 aliphatic heterocycles. The van der Waals surface area contributed by atoms with E-state index in [4.69, 9.17) is 10.5 Å². The van der Waals surface area contributed by atoms with Gasteiger partial charge in [0.15, 0.2) is 0 Å². The molecule has 0 saturated heterocycles. The van der Waals surface area contributed by atoms with E-state index in [0.29, 0.717) is 5.69 Å². The SMILES string of the molecule is Nc1ccc(C(O)COc2ccc(Br)cc2)cc1. The summed E-state index contributed by atoms with van der Waals surface area (Å²) in [7, 11) is 0. The minimum absolute atomic E-state index is 0.214. The van der Waals surface area contributed by atoms with Crippen LogP contribution in [0.5, 0.6) is 5.75 Å². The number of benzene rings is 2. The molecule has 94 valence electrons. The predicted octanol–water partition coefficient (Wildman–Crippen LogP) is 3.14. The number of nitrogens with two attached hydrogens (primary N) is 1. The van der Waals surface area contributed by atoms with E-state index in [1.165, 1.54) is 0 Å². The van der Waals surface area contributed by atoms with Gasteiger partial charge in [-0.15, -0.1) is 0 Å². The van der Waals surface area contributed by atoms with Gasteiger partial charge >= 0.3 is 0 Å². The first-order valence-electron chi connectivity index (χ1n) is 5.57. The molecular weight excluding hydrogens is 294 g/mol. The largest absolute Gasteiger partial charge is 0.491 e. The lowest BCUT2D eigenvalue weighted by Crippen LogP contribution is -2.09. The maximum absolute atomic E-state index is 9.95. The molecule has 4 heteroatoms. The van der Waals surface area contributed by atoms with Crippen LogP contribution in [0.4, 0.5) is 5.69 Å². The number of nitrogen functional groups attached to an aromatic ring is 1. The van der Waals surface area contributed by atoms with Gasteiger partial charge in [0.05, 0.1) is 0 Å². The maximum atomic E-state index is 9.95. The fourth-order valence-corrected chi connectivity index (χ4v) is 1.78. The number of halogens is 1. The molecule has 0 aliphatic rings. The first-order valence-corrected chi connectivity index (χ1v) is 6.36. The molecule has 0 aromatic heterocycles. The molecule has 0 bridgehead atoms. The van der Waals surface area contributed by atoms with Gasteiger partial charge in [-0.05, 0) is 42.0 Å². The van der Waals surface area contributed by atoms with Gasteiger partial charge in [0.1, 0.15) is 18.5 Å². The van der Waals surface area contributed by atoms with Crippen LogP contribution in [0.15, 0.2) is 53.0 Å². The van der Waals surface area contributed by atoms with E-state index < -0.39 is 6.10 Å². The first-order chi connectivity index (χ1) is 8.65. The van der Waals surface area contributed by atoms with Crippen LogP contribution < -0.4 is 10.5 Å². The second-order valence-electron chi connectivity index (χ2n) is 3.95. The maximum Gasteiger partial charge on any atom is 0.119 e. The van der Waals surface area contributed by atoms with Gasteiger partial charge in [0, 0.05) is 10.2 Å². The van der Waals surface area contributed by atoms with Crippen LogP contribution in [0.2, 0.25) is 0 Å². The van der Waals surface area contributed by atoms with E-state index in [-0.39, 0.29) is 6.61 Å². The standard InChI is InChI=1S/C14H14BrNO2/c15-11-3-7-13(8-4-11)18-9-14(17)10-1-5-12(16)6-2-10/h1-8,14,17H,9,16H2. The molecule has 2 aromatic carbocycles. The van der Waals surface area contributed by atoms with Crippen molar-refractivity contribution in [2.45, 2.75) is 6.10 Å². The summed E-state index contributed by atoms with van der Waals surface area (Å²) in [5.74, 6) is 0.729. The van der Waals surface area contributed by atoms with Crippen LogP contribution in [0, 0.1) is 0 Å². The Hall–Kier alpha value is -1.52. The second-order valence-corrected chi connectivity index (χ2v) is 4.86. The Morgan fingerprint density at radius 2 is 1.67 bits per heavy atom. The molecule has 2 aromatic rings. The molecule has 0 spiro atoms. The average molecular weight is 308 g/mol. The Morgan fingerprint density at radius 3 is 2.28 bits per heavy atom. The third-order valence-corrected chi connectivity index (χ3v) is 3.07. The summed E-state index contributed by atoms with van der Waals surface area (Å²) in [4.78, 5) is 0. The van der Waals surface area contributed by atoms with Gasteiger partial charge < -0.3 is 15.6 Å². The molecule has 0 fully saturated rings. The number of aliphatic hydroxyl groups is 1. The molecule has 0 saturated carbocycles. The zero-order valence-corrected chi connectivity index (χ0v) is 11.3. The Kier molecular flexibility index (Phi) is 4.23. The summed E-state index contributed by atoms with van der Waals surface area (Å²) in [5, 5.41) is 9.95. The highest BCUT2D eigenvalue weighted by Crippen LogP contribution is 2.19. The van der Waals surface area contributed by atoms with E-state index in [1.54, 1.807) is 24.3 Å². The van der Waals surface area contributed by atoms with Crippen LogP contribution in [-0.4, -0.2) is 11.7 Å². The Morgan fingerprint density at radius 1 is 1.06 bits per heavy atom. The van der Waals surface area contributed by atoms with E-state index in [0.717, 1.165) is 15.8 Å². The van der Waals surface area contributed by atoms with Gasteiger partial charge in [-0.1, -0.05) is 28.1 Å². The number of anilines is 1. The average Bonchev–Trinajstić information content (AvgIpc) is 2.38. The molecule has 3 nitrogen and oxygen atoms in total. The summed E-state index contributed by atoms with van der Waals surface area (Å²) >= 11 is 3.35. The van der Waals surface area contributed by atoms with Crippen LogP contribution in [0.3, 0.4) is 0 Å². The van der Waals surface area contributed by atoms with Gasteiger partial charge in [-0.25, -0.2) is 0 Å². The lowest BCUT2D eigenvalue weighted by molar-refractivity contribution is 0.108. The van der Waals surface area contributed by atoms with Crippen molar-refractivity contribution in [2.75, 3.05) is 12.3 Å². The lowest BCUT2D eigenvalue weighted by Gasteiger charge is -2.13. The number of ether oxygens (including phenoxy) is 1. The summed E-state index contributed by atoms with van der Waals surface area (Å²) in [6.07, 6.45) is -0.658. The zero-order valence-electron chi connectivity index (χ0n) is 9.71. The number of hydrogen-bond acceptors (Lipinski definition) is 3. The van der Waals surface area contributed by atoms with E-state index in [2.05, 4.69) is 15.9 Å². The first kappa shape index (κ1) is 12.9. The molecule has 2 rings (SSSR count). The van der Waals surface area contributed by atoms with Crippen molar-refractivity contribution in [3.63, 3.8) is 0 Å². The second kappa shape index (κ2) is 5.89.